The van der Waals surface area contributed by atoms with Crippen molar-refractivity contribution in [2.75, 3.05) is 0 Å². The molecule has 4 rings (SSSR count). The van der Waals surface area contributed by atoms with Gasteiger partial charge in [-0.25, -0.2) is 0 Å². The summed E-state index contributed by atoms with van der Waals surface area (Å²) < 4.78 is 0. The molecule has 0 aliphatic rings. The summed E-state index contributed by atoms with van der Waals surface area (Å²) in [6.07, 6.45) is 4.64. The van der Waals surface area contributed by atoms with E-state index in [0.717, 1.165) is 12.8 Å². The molecule has 0 saturated carbocycles. The Balaban J connectivity index is 0.000000222. The van der Waals surface area contributed by atoms with Crippen molar-refractivity contribution in [2.45, 2.75) is 37.0 Å². The molecule has 4 aromatic carbocycles. The first-order chi connectivity index (χ1) is 17.1. The molecule has 4 aromatic rings. The van der Waals surface area contributed by atoms with Gasteiger partial charge in [0.15, 0.2) is 0 Å². The fourth-order valence-corrected chi connectivity index (χ4v) is 4.45. The van der Waals surface area contributed by atoms with Crippen molar-refractivity contribution in [2.24, 2.45) is 0 Å². The zero-order valence-corrected chi connectivity index (χ0v) is 24.6. The normalized spacial score (nSPS) is 11.9. The Hall–Kier alpha value is -1.19. The van der Waals surface area contributed by atoms with Gasteiger partial charge in [-0.05, 0) is 59.3 Å². The second-order valence-electron chi connectivity index (χ2n) is 8.13. The molecule has 5 heteroatoms. The summed E-state index contributed by atoms with van der Waals surface area (Å²) in [5, 5.41) is 0. The molecule has 0 heterocycles. The van der Waals surface area contributed by atoms with Gasteiger partial charge in [0, 0.05) is 0 Å². The van der Waals surface area contributed by atoms with Gasteiger partial charge in [-0.15, -0.1) is 18.5 Å². The van der Waals surface area contributed by atoms with Crippen LogP contribution in [0.3, 0.4) is 0 Å². The number of hydrogen-bond acceptors (Lipinski definition) is 0. The first kappa shape index (κ1) is 30.0. The van der Waals surface area contributed by atoms with Gasteiger partial charge in [0.2, 0.25) is 0 Å². The monoisotopic (exact) mass is 584 g/mol. The summed E-state index contributed by atoms with van der Waals surface area (Å²) in [5.74, 6) is 0. The van der Waals surface area contributed by atoms with Crippen molar-refractivity contribution in [3.05, 3.63) is 144 Å². The molecule has 4 atom stereocenters. The summed E-state index contributed by atoms with van der Waals surface area (Å²) in [4.78, 5) is 0. The van der Waals surface area contributed by atoms with Crippen molar-refractivity contribution in [1.82, 2.24) is 0 Å². The van der Waals surface area contributed by atoms with Crippen molar-refractivity contribution in [3.8, 4) is 0 Å². The van der Waals surface area contributed by atoms with Crippen molar-refractivity contribution < 1.29 is 12.7 Å². The molecule has 0 spiro atoms. The third kappa shape index (κ3) is 13.1. The quantitative estimate of drug-likeness (QED) is 0.143. The third-order valence-electron chi connectivity index (χ3n) is 5.63. The molecule has 4 unspecified atom stereocenters. The minimum atomic E-state index is 0.557. The van der Waals surface area contributed by atoms with E-state index in [1.807, 2.05) is 0 Å². The zero-order valence-electron chi connectivity index (χ0n) is 19.8. The molecule has 0 aliphatic heterocycles. The zero-order chi connectivity index (χ0) is 25.1. The minimum absolute atomic E-state index is 0.557. The molecule has 0 nitrogen and oxygen atoms in total. The molecule has 0 N–H and O–H groups in total. The Morgan fingerprint density at radius 1 is 0.486 bits per heavy atom. The van der Waals surface area contributed by atoms with Crippen LogP contribution in [0.1, 0.15) is 46.4 Å². The van der Waals surface area contributed by atoms with Crippen LogP contribution in [0.4, 0.5) is 0 Å². The average Bonchev–Trinajstić information content (AvgIpc) is 2.93. The Bertz CT molecular complexity index is 934. The summed E-state index contributed by atoms with van der Waals surface area (Å²) in [6.45, 7) is 0. The fourth-order valence-electron chi connectivity index (χ4n) is 3.67. The van der Waals surface area contributed by atoms with Crippen molar-refractivity contribution >= 4 is 38.9 Å². The van der Waals surface area contributed by atoms with Gasteiger partial charge in [0.1, 0.15) is 0 Å². The fraction of sp³-hybridized carbons (Fsp3) is 0.200. The van der Waals surface area contributed by atoms with E-state index >= 15 is 0 Å². The van der Waals surface area contributed by atoms with Crippen LogP contribution in [0, 0.1) is 0 Å². The van der Waals surface area contributed by atoms with Gasteiger partial charge in [0.25, 0.3) is 0 Å². The van der Waals surface area contributed by atoms with Crippen LogP contribution in [0.5, 0.6) is 0 Å². The topological polar surface area (TPSA) is 0 Å². The molecule has 0 saturated heterocycles. The van der Waals surface area contributed by atoms with Gasteiger partial charge >= 0.3 is 33.0 Å². The second kappa shape index (κ2) is 19.0. The number of halogens is 2. The first-order valence-corrected chi connectivity index (χ1v) is 15.7. The van der Waals surface area contributed by atoms with Gasteiger partial charge in [-0.1, -0.05) is 121 Å². The second-order valence-corrected chi connectivity index (χ2v) is 11.4. The number of aryl methyl sites for hydroxylation is 2. The molecule has 0 radical (unpaired) electrons. The van der Waals surface area contributed by atoms with Crippen LogP contribution in [0.25, 0.3) is 0 Å². The van der Waals surface area contributed by atoms with Crippen LogP contribution in [-0.2, 0) is 25.5 Å². The van der Waals surface area contributed by atoms with E-state index in [4.69, 9.17) is 20.4 Å². The standard InChI is InChI=1S/2C15H17P.2ClH.Ni/c2*16-15(14-9-5-2-6-10-14)12-11-13-7-3-1-4-8-13;;;/h2*1-10,15H,11-12,16H2;2*1H;/q;;;;+2/p-2. The van der Waals surface area contributed by atoms with Gasteiger partial charge in [0.05, 0.1) is 0 Å². The molecule has 35 heavy (non-hydrogen) atoms. The Morgan fingerprint density at radius 2 is 0.743 bits per heavy atom. The average molecular weight is 586 g/mol. The first-order valence-electron chi connectivity index (χ1n) is 11.6. The molecule has 0 amide bonds. The summed E-state index contributed by atoms with van der Waals surface area (Å²) in [5.41, 5.74) is 6.77. The maximum atomic E-state index is 4.70. The molecule has 0 fully saturated rings. The molecular formula is C30H34Cl2NiP2. The van der Waals surface area contributed by atoms with Gasteiger partial charge in [-0.3, -0.25) is 0 Å². The van der Waals surface area contributed by atoms with Crippen molar-refractivity contribution in [1.29, 1.82) is 0 Å². The Morgan fingerprint density at radius 3 is 1.03 bits per heavy atom. The van der Waals surface area contributed by atoms with Crippen LogP contribution in [0.2, 0.25) is 0 Å². The number of benzene rings is 4. The van der Waals surface area contributed by atoms with Gasteiger partial charge in [-0.2, -0.15) is 0 Å². The van der Waals surface area contributed by atoms with Gasteiger partial charge < -0.3 is 0 Å². The van der Waals surface area contributed by atoms with E-state index in [-0.39, 0.29) is 0 Å². The summed E-state index contributed by atoms with van der Waals surface area (Å²) in [6, 6.07) is 42.7. The van der Waals surface area contributed by atoms with Crippen molar-refractivity contribution in [3.63, 3.8) is 0 Å². The summed E-state index contributed by atoms with van der Waals surface area (Å²) >= 11 is 0.569. The summed E-state index contributed by atoms with van der Waals surface area (Å²) in [7, 11) is 15.3. The van der Waals surface area contributed by atoms with E-state index in [9.17, 15) is 0 Å². The SMILES string of the molecule is PC(CCc1ccccc1)c1ccccc1.PC(CCc1ccccc1)c1ccccc1.[Cl][Ni][Cl]. The third-order valence-corrected chi connectivity index (χ3v) is 7.07. The molecule has 0 bridgehead atoms. The van der Waals surface area contributed by atoms with Crippen LogP contribution in [0.15, 0.2) is 121 Å². The maximum absolute atomic E-state index is 4.70. The Kier molecular flexibility index (Phi) is 16.3. The number of hydrogen-bond donors (Lipinski definition) is 0. The predicted octanol–water partition coefficient (Wildman–Crippen LogP) is 9.85. The van der Waals surface area contributed by atoms with E-state index in [1.54, 1.807) is 0 Å². The van der Waals surface area contributed by atoms with E-state index in [1.165, 1.54) is 35.1 Å². The van der Waals surface area contributed by atoms with Crippen LogP contribution < -0.4 is 0 Å². The van der Waals surface area contributed by atoms with Crippen LogP contribution >= 0.6 is 38.9 Å². The molecule has 0 aromatic heterocycles. The molecular weight excluding hydrogens is 552 g/mol. The molecule has 0 aliphatic carbocycles. The Labute approximate surface area is 231 Å². The predicted molar refractivity (Wildman–Crippen MR) is 159 cm³/mol. The number of rotatable bonds is 8. The molecule has 188 valence electrons. The van der Waals surface area contributed by atoms with Crippen LogP contribution in [-0.4, -0.2) is 0 Å². The van der Waals surface area contributed by atoms with E-state index in [0.29, 0.717) is 24.0 Å². The van der Waals surface area contributed by atoms with E-state index in [2.05, 4.69) is 140 Å². The van der Waals surface area contributed by atoms with E-state index < -0.39 is 0 Å².